The number of ether oxygens (including phenoxy) is 1. The Kier molecular flexibility index (Phi) is 18.6. The van der Waals surface area contributed by atoms with Crippen molar-refractivity contribution in [2.75, 3.05) is 86.6 Å². The minimum Gasteiger partial charge on any atom is -0.444 e. The van der Waals surface area contributed by atoms with Gasteiger partial charge in [-0.1, -0.05) is 44.9 Å². The number of nitrogens with zero attached hydrogens (tertiary/aromatic N) is 3. The summed E-state index contributed by atoms with van der Waals surface area (Å²) < 4.78 is 5.31. The van der Waals surface area contributed by atoms with E-state index in [2.05, 4.69) is 82.1 Å². The third-order valence-electron chi connectivity index (χ3n) is 12.1. The number of carbonyl (C=O) groups is 4. The molecule has 63 heavy (non-hydrogen) atoms. The number of benzene rings is 3. The molecule has 0 heterocycles. The summed E-state index contributed by atoms with van der Waals surface area (Å²) in [5.74, 6) is -0.665. The molecule has 3 aromatic carbocycles. The predicted octanol–water partition coefficient (Wildman–Crippen LogP) is 7.34. The van der Waals surface area contributed by atoms with Gasteiger partial charge in [-0.2, -0.15) is 0 Å². The van der Waals surface area contributed by atoms with Crippen molar-refractivity contribution in [2.45, 2.75) is 103 Å². The standard InChI is InChI=1S/C51H75N7O5/c1-9-11-27-56(6)29-13-23-52-47(59)36-17-20-39-42(33-36)46-43-34-37(48(60)53-24-14-30-57(7)28-12-10-2)18-21-40(43)45(39)41-22-19-38(35-44(41)46)49(61)54-25-15-31-58(8)32-16-26-55-50(62)63-51(3,4)5/h17-22,33-35,45-46H,9-16,23-32H2,1-8H3,(H,52,59)(H,53,60)(H,54,61)(H,55,62). The van der Waals surface area contributed by atoms with Crippen LogP contribution in [0.2, 0.25) is 0 Å². The number of hydrogen-bond acceptors (Lipinski definition) is 8. The Labute approximate surface area is 377 Å². The van der Waals surface area contributed by atoms with Crippen molar-refractivity contribution in [3.63, 3.8) is 0 Å². The van der Waals surface area contributed by atoms with Crippen LogP contribution in [0.1, 0.15) is 162 Å². The minimum atomic E-state index is -0.525. The number of amides is 4. The largest absolute Gasteiger partial charge is 0.444 e. The Morgan fingerprint density at radius 2 is 0.778 bits per heavy atom. The van der Waals surface area contributed by atoms with Crippen molar-refractivity contribution < 1.29 is 23.9 Å². The van der Waals surface area contributed by atoms with E-state index in [-0.39, 0.29) is 29.6 Å². The molecule has 0 aliphatic heterocycles. The van der Waals surface area contributed by atoms with Gasteiger partial charge in [0.25, 0.3) is 17.7 Å². The van der Waals surface area contributed by atoms with Crippen LogP contribution in [0.5, 0.6) is 0 Å². The van der Waals surface area contributed by atoms with E-state index in [9.17, 15) is 19.2 Å². The van der Waals surface area contributed by atoms with Gasteiger partial charge < -0.3 is 40.7 Å². The number of unbranched alkanes of at least 4 members (excludes halogenated alkanes) is 2. The number of nitrogens with one attached hydrogen (secondary N) is 4. The van der Waals surface area contributed by atoms with Crippen molar-refractivity contribution in [1.82, 2.24) is 36.0 Å². The molecule has 12 nitrogen and oxygen atoms in total. The normalized spacial score (nSPS) is 14.9. The van der Waals surface area contributed by atoms with Gasteiger partial charge >= 0.3 is 6.09 Å². The Bertz CT molecular complexity index is 1930. The van der Waals surface area contributed by atoms with E-state index < -0.39 is 11.7 Å². The first-order valence-corrected chi connectivity index (χ1v) is 23.5. The summed E-state index contributed by atoms with van der Waals surface area (Å²) in [4.78, 5) is 59.6. The second kappa shape index (κ2) is 23.8. The molecule has 0 fully saturated rings. The molecule has 0 aromatic heterocycles. The van der Waals surface area contributed by atoms with Gasteiger partial charge in [0, 0.05) is 54.7 Å². The Hall–Kier alpha value is -4.78. The minimum absolute atomic E-state index is 0.0893. The lowest BCUT2D eigenvalue weighted by molar-refractivity contribution is 0.0525. The molecule has 12 heteroatoms. The van der Waals surface area contributed by atoms with Crippen LogP contribution in [0.15, 0.2) is 54.6 Å². The highest BCUT2D eigenvalue weighted by Crippen LogP contribution is 2.56. The Morgan fingerprint density at radius 1 is 0.476 bits per heavy atom. The van der Waals surface area contributed by atoms with Gasteiger partial charge in [0.1, 0.15) is 5.60 Å². The number of alkyl carbamates (subject to hydrolysis) is 1. The number of hydrogen-bond donors (Lipinski definition) is 4. The van der Waals surface area contributed by atoms with Gasteiger partial charge in [0.2, 0.25) is 0 Å². The first kappa shape index (κ1) is 49.2. The van der Waals surface area contributed by atoms with Gasteiger partial charge in [0.05, 0.1) is 0 Å². The molecule has 0 spiro atoms. The molecule has 344 valence electrons. The molecule has 3 aliphatic carbocycles. The van der Waals surface area contributed by atoms with Crippen LogP contribution in [0.3, 0.4) is 0 Å². The van der Waals surface area contributed by atoms with E-state index >= 15 is 0 Å². The lowest BCUT2D eigenvalue weighted by Crippen LogP contribution is -2.34. The first-order valence-electron chi connectivity index (χ1n) is 23.5. The molecule has 3 aliphatic rings. The molecule has 4 amide bonds. The topological polar surface area (TPSA) is 135 Å². The van der Waals surface area contributed by atoms with Crippen LogP contribution in [0.25, 0.3) is 0 Å². The van der Waals surface area contributed by atoms with Crippen molar-refractivity contribution in [3.05, 3.63) is 105 Å². The van der Waals surface area contributed by atoms with Crippen LogP contribution < -0.4 is 21.3 Å². The van der Waals surface area contributed by atoms with E-state index in [1.807, 2.05) is 64.2 Å². The maximum atomic E-state index is 13.7. The second-order valence-corrected chi connectivity index (χ2v) is 18.6. The first-order chi connectivity index (χ1) is 30.2. The van der Waals surface area contributed by atoms with Gasteiger partial charge in [-0.25, -0.2) is 4.79 Å². The fourth-order valence-electron chi connectivity index (χ4n) is 8.70. The molecule has 0 saturated heterocycles. The summed E-state index contributed by atoms with van der Waals surface area (Å²) >= 11 is 0. The molecule has 0 atom stereocenters. The summed E-state index contributed by atoms with van der Waals surface area (Å²) in [6, 6.07) is 18.1. The molecular weight excluding hydrogens is 791 g/mol. The SMILES string of the molecule is CCCCN(C)CCCNC(=O)c1ccc2c(c1)C1c3cc(C(=O)NCCCN(C)CCCC)ccc3C2c2ccc(C(=O)NCCCN(C)CCCNC(=O)OC(C)(C)C)cc21. The fraction of sp³-hybridized carbons (Fsp3) is 0.569. The van der Waals surface area contributed by atoms with E-state index in [0.717, 1.165) is 111 Å². The molecule has 6 rings (SSSR count). The molecule has 4 N–H and O–H groups in total. The zero-order valence-electron chi connectivity index (χ0n) is 39.5. The lowest BCUT2D eigenvalue weighted by Gasteiger charge is -2.42. The number of carbonyl (C=O) groups excluding carboxylic acids is 4. The highest BCUT2D eigenvalue weighted by molar-refractivity contribution is 5.97. The van der Waals surface area contributed by atoms with E-state index in [4.69, 9.17) is 4.74 Å². The smallest absolute Gasteiger partial charge is 0.407 e. The maximum absolute atomic E-state index is 13.7. The summed E-state index contributed by atoms with van der Waals surface area (Å²) in [6.07, 6.45) is 7.57. The van der Waals surface area contributed by atoms with Crippen molar-refractivity contribution in [1.29, 1.82) is 0 Å². The van der Waals surface area contributed by atoms with Crippen molar-refractivity contribution in [2.24, 2.45) is 0 Å². The van der Waals surface area contributed by atoms with Gasteiger partial charge in [-0.3, -0.25) is 14.4 Å². The second-order valence-electron chi connectivity index (χ2n) is 18.6. The monoisotopic (exact) mass is 866 g/mol. The molecule has 2 bridgehead atoms. The van der Waals surface area contributed by atoms with Crippen LogP contribution in [-0.4, -0.2) is 131 Å². The highest BCUT2D eigenvalue weighted by Gasteiger charge is 2.42. The predicted molar refractivity (Wildman–Crippen MR) is 253 cm³/mol. The van der Waals surface area contributed by atoms with E-state index in [1.165, 1.54) is 12.8 Å². The molecule has 0 unspecified atom stereocenters. The summed E-state index contributed by atoms with van der Waals surface area (Å²) in [7, 11) is 6.29. The zero-order valence-corrected chi connectivity index (χ0v) is 39.5. The fourth-order valence-corrected chi connectivity index (χ4v) is 8.70. The summed E-state index contributed by atoms with van der Waals surface area (Å²) in [5, 5.41) is 12.2. The maximum Gasteiger partial charge on any atom is 0.407 e. The van der Waals surface area contributed by atoms with Crippen LogP contribution in [0.4, 0.5) is 4.79 Å². The highest BCUT2D eigenvalue weighted by atomic mass is 16.6. The third-order valence-corrected chi connectivity index (χ3v) is 12.1. The quantitative estimate of drug-likeness (QED) is 0.0448. The molecule has 0 saturated carbocycles. The Morgan fingerprint density at radius 3 is 1.10 bits per heavy atom. The van der Waals surface area contributed by atoms with Crippen LogP contribution in [-0.2, 0) is 4.74 Å². The summed E-state index contributed by atoms with van der Waals surface area (Å²) in [6.45, 7) is 17.7. The molecule has 0 radical (unpaired) electrons. The number of rotatable bonds is 25. The third kappa shape index (κ3) is 14.1. The van der Waals surface area contributed by atoms with Crippen LogP contribution in [0, 0.1) is 0 Å². The van der Waals surface area contributed by atoms with Gasteiger partial charge in [-0.15, -0.1) is 0 Å². The summed E-state index contributed by atoms with van der Waals surface area (Å²) in [5.41, 5.74) is 7.86. The average Bonchev–Trinajstić information content (AvgIpc) is 3.26. The molecule has 3 aromatic rings. The van der Waals surface area contributed by atoms with Crippen molar-refractivity contribution >= 4 is 23.8 Å². The van der Waals surface area contributed by atoms with Gasteiger partial charge in [0.15, 0.2) is 0 Å². The van der Waals surface area contributed by atoms with E-state index in [0.29, 0.717) is 42.9 Å². The van der Waals surface area contributed by atoms with Crippen molar-refractivity contribution in [3.8, 4) is 0 Å². The average molecular weight is 866 g/mol. The van der Waals surface area contributed by atoms with Gasteiger partial charge in [-0.05, 0) is 189 Å². The molecular formula is C51H75N7O5. The van der Waals surface area contributed by atoms with Crippen LogP contribution >= 0.6 is 0 Å². The lowest BCUT2D eigenvalue weighted by atomic mass is 9.60. The zero-order chi connectivity index (χ0) is 45.5. The Balaban J connectivity index is 1.28. The van der Waals surface area contributed by atoms with E-state index in [1.54, 1.807) is 0 Å².